The van der Waals surface area contributed by atoms with E-state index in [0.717, 1.165) is 16.3 Å². The van der Waals surface area contributed by atoms with E-state index >= 15 is 0 Å². The topological polar surface area (TPSA) is 67.9 Å². The Morgan fingerprint density at radius 1 is 1.00 bits per heavy atom. The molecule has 5 rings (SSSR count). The third-order valence-electron chi connectivity index (χ3n) is 6.15. The highest BCUT2D eigenvalue weighted by Gasteiger charge is 2.35. The predicted octanol–water partition coefficient (Wildman–Crippen LogP) is 7.72. The van der Waals surface area contributed by atoms with Crippen LogP contribution in [-0.4, -0.2) is 23.5 Å². The third-order valence-corrected chi connectivity index (χ3v) is 7.56. The zero-order valence-corrected chi connectivity index (χ0v) is 25.0. The smallest absolute Gasteiger partial charge is 0.270 e. The molecule has 0 atom stereocenters. The van der Waals surface area contributed by atoms with E-state index in [1.807, 2.05) is 31.2 Å². The standard InChI is InChI=1S/C30H21BrCl2N2O4S/c1-2-38-26-14-17(13-23(31)27(26)39-16-19-8-5-7-18-6-3-4-9-21(18)19)12-22-28(36)34-30(40)35(29(22)37)25-11-10-20(32)15-24(25)33/h3-15H,2,16H2,1H3,(H,34,36,40)/b22-12+. The minimum atomic E-state index is -0.623. The molecule has 1 heterocycles. The van der Waals surface area contributed by atoms with Crippen molar-refractivity contribution >= 4 is 90.8 Å². The van der Waals surface area contributed by atoms with Crippen LogP contribution in [0.3, 0.4) is 0 Å². The van der Waals surface area contributed by atoms with Gasteiger partial charge in [0.1, 0.15) is 12.2 Å². The van der Waals surface area contributed by atoms with Crippen LogP contribution in [0.4, 0.5) is 5.69 Å². The quantitative estimate of drug-likeness (QED) is 0.125. The Morgan fingerprint density at radius 3 is 2.55 bits per heavy atom. The van der Waals surface area contributed by atoms with Gasteiger partial charge in [0.05, 0.1) is 21.8 Å². The number of halogens is 3. The minimum Gasteiger partial charge on any atom is -0.490 e. The van der Waals surface area contributed by atoms with Gasteiger partial charge < -0.3 is 9.47 Å². The molecule has 4 aromatic carbocycles. The van der Waals surface area contributed by atoms with Gasteiger partial charge in [0.15, 0.2) is 16.6 Å². The first-order valence-electron chi connectivity index (χ1n) is 12.2. The Kier molecular flexibility index (Phi) is 8.42. The minimum absolute atomic E-state index is 0.0789. The van der Waals surface area contributed by atoms with Crippen LogP contribution in [0.25, 0.3) is 16.8 Å². The number of hydrogen-bond donors (Lipinski definition) is 1. The molecule has 0 spiro atoms. The number of nitrogens with one attached hydrogen (secondary N) is 1. The normalized spacial score (nSPS) is 14.6. The number of amides is 2. The number of rotatable bonds is 7. The lowest BCUT2D eigenvalue weighted by Crippen LogP contribution is -2.54. The van der Waals surface area contributed by atoms with E-state index in [1.54, 1.807) is 24.3 Å². The van der Waals surface area contributed by atoms with Gasteiger partial charge in [-0.15, -0.1) is 0 Å². The lowest BCUT2D eigenvalue weighted by molar-refractivity contribution is -0.122. The number of anilines is 1. The summed E-state index contributed by atoms with van der Waals surface area (Å²) in [5, 5.41) is 5.32. The largest absolute Gasteiger partial charge is 0.490 e. The van der Waals surface area contributed by atoms with Crippen molar-refractivity contribution in [1.82, 2.24) is 5.32 Å². The first-order valence-corrected chi connectivity index (χ1v) is 14.1. The van der Waals surface area contributed by atoms with Crippen LogP contribution in [0.2, 0.25) is 10.0 Å². The van der Waals surface area contributed by atoms with E-state index in [1.165, 1.54) is 17.0 Å². The summed E-state index contributed by atoms with van der Waals surface area (Å²) in [5.74, 6) is -0.280. The van der Waals surface area contributed by atoms with Crippen molar-refractivity contribution in [1.29, 1.82) is 0 Å². The number of hydrogen-bond acceptors (Lipinski definition) is 5. The molecule has 10 heteroatoms. The van der Waals surface area contributed by atoms with Gasteiger partial charge in [-0.2, -0.15) is 0 Å². The van der Waals surface area contributed by atoms with Crippen LogP contribution >= 0.6 is 51.3 Å². The molecule has 1 fully saturated rings. The molecule has 0 aromatic heterocycles. The van der Waals surface area contributed by atoms with Crippen molar-refractivity contribution in [2.45, 2.75) is 13.5 Å². The molecule has 202 valence electrons. The van der Waals surface area contributed by atoms with Crippen LogP contribution in [-0.2, 0) is 16.2 Å². The maximum Gasteiger partial charge on any atom is 0.270 e. The summed E-state index contributed by atoms with van der Waals surface area (Å²) in [6.07, 6.45) is 1.47. The lowest BCUT2D eigenvalue weighted by Gasteiger charge is -2.29. The van der Waals surface area contributed by atoms with Crippen molar-refractivity contribution in [3.8, 4) is 11.5 Å². The van der Waals surface area contributed by atoms with E-state index < -0.39 is 11.8 Å². The van der Waals surface area contributed by atoms with Crippen molar-refractivity contribution in [2.24, 2.45) is 0 Å². The Balaban J connectivity index is 1.47. The molecule has 4 aromatic rings. The number of thiocarbonyl (C=S) groups is 1. The fourth-order valence-electron chi connectivity index (χ4n) is 4.35. The molecule has 0 aliphatic carbocycles. The van der Waals surface area contributed by atoms with Crippen LogP contribution < -0.4 is 19.7 Å². The third kappa shape index (κ3) is 5.71. The number of ether oxygens (including phenoxy) is 2. The van der Waals surface area contributed by atoms with Crippen molar-refractivity contribution in [2.75, 3.05) is 11.5 Å². The number of carbonyl (C=O) groups is 2. The summed E-state index contributed by atoms with van der Waals surface area (Å²) in [5.41, 5.74) is 1.75. The van der Waals surface area contributed by atoms with E-state index in [9.17, 15) is 9.59 Å². The van der Waals surface area contributed by atoms with Gasteiger partial charge in [-0.05, 0) is 93.4 Å². The van der Waals surface area contributed by atoms with Gasteiger partial charge in [0, 0.05) is 5.02 Å². The van der Waals surface area contributed by atoms with Crippen molar-refractivity contribution < 1.29 is 19.1 Å². The molecule has 6 nitrogen and oxygen atoms in total. The Labute approximate surface area is 254 Å². The summed E-state index contributed by atoms with van der Waals surface area (Å²) in [7, 11) is 0. The number of fused-ring (bicyclic) bond motifs is 1. The average molecular weight is 656 g/mol. The van der Waals surface area contributed by atoms with E-state index in [2.05, 4.69) is 39.4 Å². The zero-order chi connectivity index (χ0) is 28.4. The van der Waals surface area contributed by atoms with Gasteiger partial charge >= 0.3 is 0 Å². The van der Waals surface area contributed by atoms with Gasteiger partial charge in [0.25, 0.3) is 11.8 Å². The highest BCUT2D eigenvalue weighted by molar-refractivity contribution is 9.10. The molecule has 1 N–H and O–H groups in total. The van der Waals surface area contributed by atoms with Crippen molar-refractivity contribution in [3.63, 3.8) is 0 Å². The highest BCUT2D eigenvalue weighted by Crippen LogP contribution is 2.39. The van der Waals surface area contributed by atoms with Crippen LogP contribution in [0.1, 0.15) is 18.1 Å². The second kappa shape index (κ2) is 12.0. The van der Waals surface area contributed by atoms with E-state index in [4.69, 9.17) is 44.9 Å². The molecular weight excluding hydrogens is 635 g/mol. The maximum atomic E-state index is 13.5. The molecule has 0 bridgehead atoms. The van der Waals surface area contributed by atoms with Crippen LogP contribution in [0, 0.1) is 0 Å². The fraction of sp³-hybridized carbons (Fsp3) is 0.100. The number of carbonyl (C=O) groups excluding carboxylic acids is 2. The molecule has 0 saturated carbocycles. The fourth-order valence-corrected chi connectivity index (χ4v) is 5.69. The second-order valence-corrected chi connectivity index (χ2v) is 10.8. The Bertz CT molecular complexity index is 1700. The van der Waals surface area contributed by atoms with Gasteiger partial charge in [-0.3, -0.25) is 19.8 Å². The monoisotopic (exact) mass is 654 g/mol. The van der Waals surface area contributed by atoms with Gasteiger partial charge in [-0.1, -0.05) is 65.7 Å². The summed E-state index contributed by atoms with van der Waals surface area (Å²) >= 11 is 21.2. The second-order valence-electron chi connectivity index (χ2n) is 8.74. The average Bonchev–Trinajstić information content (AvgIpc) is 2.92. The predicted molar refractivity (Wildman–Crippen MR) is 166 cm³/mol. The summed E-state index contributed by atoms with van der Waals surface area (Å²) < 4.78 is 12.7. The van der Waals surface area contributed by atoms with Gasteiger partial charge in [-0.25, -0.2) is 0 Å². The Hall–Kier alpha value is -3.43. The molecule has 0 radical (unpaired) electrons. The van der Waals surface area contributed by atoms with E-state index in [0.29, 0.717) is 45.5 Å². The zero-order valence-electron chi connectivity index (χ0n) is 21.0. The lowest BCUT2D eigenvalue weighted by atomic mass is 10.1. The molecular formula is C30H21BrCl2N2O4S. The summed E-state index contributed by atoms with van der Waals surface area (Å²) in [6.45, 7) is 2.56. The molecule has 0 unspecified atom stereocenters. The molecule has 1 aliphatic heterocycles. The molecule has 1 saturated heterocycles. The summed E-state index contributed by atoms with van der Waals surface area (Å²) in [4.78, 5) is 27.5. The van der Waals surface area contributed by atoms with Gasteiger partial charge in [0.2, 0.25) is 0 Å². The first kappa shape index (κ1) is 28.1. The number of benzene rings is 4. The molecule has 1 aliphatic rings. The first-order chi connectivity index (χ1) is 19.3. The SMILES string of the molecule is CCOc1cc(/C=C2\C(=O)NC(=S)N(c3ccc(Cl)cc3Cl)C2=O)cc(Br)c1OCc1cccc2ccccc12. The Morgan fingerprint density at radius 2 is 1.77 bits per heavy atom. The van der Waals surface area contributed by atoms with Crippen LogP contribution in [0.15, 0.2) is 82.8 Å². The van der Waals surface area contributed by atoms with Crippen LogP contribution in [0.5, 0.6) is 11.5 Å². The summed E-state index contributed by atoms with van der Waals surface area (Å²) in [6, 6.07) is 22.3. The maximum absolute atomic E-state index is 13.5. The highest BCUT2D eigenvalue weighted by atomic mass is 79.9. The molecule has 40 heavy (non-hydrogen) atoms. The van der Waals surface area contributed by atoms with E-state index in [-0.39, 0.29) is 15.7 Å². The number of nitrogens with zero attached hydrogens (tertiary/aromatic N) is 1. The molecule has 2 amide bonds. The van der Waals surface area contributed by atoms with Crippen molar-refractivity contribution in [3.05, 3.63) is 104 Å².